The van der Waals surface area contributed by atoms with Crippen LogP contribution < -0.4 is 5.73 Å². The standard InChI is InChI=1S/C11H10FN3S/c12-9-6-8(7-13)2-3-10(9)16-11-14-4-1-5-15-11/h1-6H,7,13H2. The van der Waals surface area contributed by atoms with Gasteiger partial charge in [-0.25, -0.2) is 14.4 Å². The molecule has 2 aromatic rings. The second-order valence-corrected chi connectivity index (χ2v) is 4.11. The van der Waals surface area contributed by atoms with Crippen molar-refractivity contribution in [2.75, 3.05) is 0 Å². The molecule has 1 heterocycles. The Bertz CT molecular complexity index is 476. The Morgan fingerprint density at radius 2 is 2.00 bits per heavy atom. The van der Waals surface area contributed by atoms with Gasteiger partial charge in [0.25, 0.3) is 0 Å². The van der Waals surface area contributed by atoms with Gasteiger partial charge in [-0.3, -0.25) is 0 Å². The summed E-state index contributed by atoms with van der Waals surface area (Å²) in [6.45, 7) is 0.337. The van der Waals surface area contributed by atoms with Crippen molar-refractivity contribution in [3.05, 3.63) is 48.0 Å². The minimum atomic E-state index is -0.291. The number of benzene rings is 1. The lowest BCUT2D eigenvalue weighted by molar-refractivity contribution is 0.599. The highest BCUT2D eigenvalue weighted by Crippen LogP contribution is 2.27. The molecule has 0 saturated heterocycles. The van der Waals surface area contributed by atoms with E-state index in [4.69, 9.17) is 5.73 Å². The fourth-order valence-electron chi connectivity index (χ4n) is 1.19. The molecule has 16 heavy (non-hydrogen) atoms. The molecule has 0 amide bonds. The van der Waals surface area contributed by atoms with Crippen LogP contribution in [0.5, 0.6) is 0 Å². The fourth-order valence-corrected chi connectivity index (χ4v) is 1.91. The van der Waals surface area contributed by atoms with Crippen molar-refractivity contribution in [2.45, 2.75) is 16.6 Å². The molecule has 0 saturated carbocycles. The van der Waals surface area contributed by atoms with Crippen molar-refractivity contribution in [2.24, 2.45) is 5.73 Å². The summed E-state index contributed by atoms with van der Waals surface area (Å²) in [6.07, 6.45) is 3.25. The number of aromatic nitrogens is 2. The van der Waals surface area contributed by atoms with Gasteiger partial charge in [-0.1, -0.05) is 6.07 Å². The van der Waals surface area contributed by atoms with Gasteiger partial charge in [0.15, 0.2) is 5.16 Å². The molecule has 5 heteroatoms. The summed E-state index contributed by atoms with van der Waals surface area (Å²) in [6, 6.07) is 6.65. The average molecular weight is 235 g/mol. The van der Waals surface area contributed by atoms with Gasteiger partial charge >= 0.3 is 0 Å². The number of halogens is 1. The van der Waals surface area contributed by atoms with Gasteiger partial charge in [-0.2, -0.15) is 0 Å². The minimum Gasteiger partial charge on any atom is -0.326 e. The van der Waals surface area contributed by atoms with E-state index in [9.17, 15) is 4.39 Å². The topological polar surface area (TPSA) is 51.8 Å². The highest BCUT2D eigenvalue weighted by atomic mass is 32.2. The van der Waals surface area contributed by atoms with E-state index in [1.807, 2.05) is 0 Å². The van der Waals surface area contributed by atoms with Crippen LogP contribution in [0.4, 0.5) is 4.39 Å². The van der Waals surface area contributed by atoms with Crippen LogP contribution in [0, 0.1) is 5.82 Å². The normalized spacial score (nSPS) is 10.4. The minimum absolute atomic E-state index is 0.291. The van der Waals surface area contributed by atoms with Gasteiger partial charge < -0.3 is 5.73 Å². The summed E-state index contributed by atoms with van der Waals surface area (Å²) in [5.74, 6) is -0.291. The summed E-state index contributed by atoms with van der Waals surface area (Å²) < 4.78 is 13.6. The zero-order valence-corrected chi connectivity index (χ0v) is 9.25. The first-order valence-electron chi connectivity index (χ1n) is 4.73. The molecule has 3 nitrogen and oxygen atoms in total. The van der Waals surface area contributed by atoms with Gasteiger partial charge in [0.05, 0.1) is 4.90 Å². The van der Waals surface area contributed by atoms with Crippen LogP contribution in [0.2, 0.25) is 0 Å². The Morgan fingerprint density at radius 3 is 2.62 bits per heavy atom. The Balaban J connectivity index is 2.22. The molecule has 82 valence electrons. The van der Waals surface area contributed by atoms with E-state index >= 15 is 0 Å². The number of hydrogen-bond acceptors (Lipinski definition) is 4. The van der Waals surface area contributed by atoms with E-state index in [1.165, 1.54) is 17.8 Å². The van der Waals surface area contributed by atoms with Gasteiger partial charge in [0, 0.05) is 18.9 Å². The fraction of sp³-hybridized carbons (Fsp3) is 0.0909. The summed E-state index contributed by atoms with van der Waals surface area (Å²) in [7, 11) is 0. The lowest BCUT2D eigenvalue weighted by Crippen LogP contribution is -1.97. The first-order valence-corrected chi connectivity index (χ1v) is 5.54. The monoisotopic (exact) mass is 235 g/mol. The van der Waals surface area contributed by atoms with Gasteiger partial charge in [-0.05, 0) is 35.5 Å². The first-order chi connectivity index (χ1) is 7.79. The zero-order valence-electron chi connectivity index (χ0n) is 8.43. The summed E-state index contributed by atoms with van der Waals surface area (Å²) in [5.41, 5.74) is 6.20. The van der Waals surface area contributed by atoms with E-state index in [2.05, 4.69) is 9.97 Å². The highest BCUT2D eigenvalue weighted by molar-refractivity contribution is 7.99. The maximum Gasteiger partial charge on any atom is 0.192 e. The summed E-state index contributed by atoms with van der Waals surface area (Å²) >= 11 is 1.20. The number of hydrogen-bond donors (Lipinski definition) is 1. The van der Waals surface area contributed by atoms with Crippen LogP contribution in [0.15, 0.2) is 46.7 Å². The van der Waals surface area contributed by atoms with Gasteiger partial charge in [-0.15, -0.1) is 0 Å². The summed E-state index contributed by atoms with van der Waals surface area (Å²) in [5, 5.41) is 0.530. The van der Waals surface area contributed by atoms with Gasteiger partial charge in [0.2, 0.25) is 0 Å². The third-order valence-electron chi connectivity index (χ3n) is 1.98. The molecule has 0 aliphatic carbocycles. The molecule has 2 rings (SSSR count). The molecule has 0 fully saturated rings. The van der Waals surface area contributed by atoms with Crippen LogP contribution in [-0.2, 0) is 6.54 Å². The molecule has 1 aromatic carbocycles. The van der Waals surface area contributed by atoms with Crippen LogP contribution in [0.3, 0.4) is 0 Å². The van der Waals surface area contributed by atoms with Crippen molar-refractivity contribution in [1.29, 1.82) is 0 Å². The van der Waals surface area contributed by atoms with Crippen LogP contribution in [0.25, 0.3) is 0 Å². The van der Waals surface area contributed by atoms with Crippen molar-refractivity contribution < 1.29 is 4.39 Å². The molecule has 1 aromatic heterocycles. The number of nitrogens with two attached hydrogens (primary N) is 1. The molecule has 0 spiro atoms. The van der Waals surface area contributed by atoms with E-state index in [0.717, 1.165) is 5.56 Å². The van der Waals surface area contributed by atoms with Crippen molar-refractivity contribution in [1.82, 2.24) is 9.97 Å². The van der Waals surface area contributed by atoms with E-state index in [-0.39, 0.29) is 5.82 Å². The van der Waals surface area contributed by atoms with Gasteiger partial charge in [0.1, 0.15) is 5.82 Å². The molecule has 0 unspecified atom stereocenters. The quantitative estimate of drug-likeness (QED) is 0.829. The number of rotatable bonds is 3. The predicted octanol–water partition coefficient (Wildman–Crippen LogP) is 2.23. The molecule has 2 N–H and O–H groups in total. The predicted molar refractivity (Wildman–Crippen MR) is 60.4 cm³/mol. The van der Waals surface area contributed by atoms with E-state index in [0.29, 0.717) is 16.6 Å². The van der Waals surface area contributed by atoms with Crippen molar-refractivity contribution in [3.8, 4) is 0 Å². The molecular formula is C11H10FN3S. The average Bonchev–Trinajstić information content (AvgIpc) is 2.33. The van der Waals surface area contributed by atoms with Crippen LogP contribution in [-0.4, -0.2) is 9.97 Å². The van der Waals surface area contributed by atoms with E-state index in [1.54, 1.807) is 30.6 Å². The SMILES string of the molecule is NCc1ccc(Sc2ncccn2)c(F)c1. The Hall–Kier alpha value is -1.46. The Kier molecular flexibility index (Phi) is 3.48. The molecule has 0 atom stereocenters. The maximum absolute atomic E-state index is 13.6. The molecule has 0 aliphatic rings. The largest absolute Gasteiger partial charge is 0.326 e. The molecular weight excluding hydrogens is 225 g/mol. The second-order valence-electron chi connectivity index (χ2n) is 3.10. The lowest BCUT2D eigenvalue weighted by Gasteiger charge is -2.03. The molecule has 0 bridgehead atoms. The lowest BCUT2D eigenvalue weighted by atomic mass is 10.2. The van der Waals surface area contributed by atoms with E-state index < -0.39 is 0 Å². The first kappa shape index (κ1) is 11.0. The van der Waals surface area contributed by atoms with Crippen molar-refractivity contribution >= 4 is 11.8 Å². The van der Waals surface area contributed by atoms with Crippen molar-refractivity contribution in [3.63, 3.8) is 0 Å². The third-order valence-corrected chi connectivity index (χ3v) is 2.92. The zero-order chi connectivity index (χ0) is 11.4. The number of nitrogens with zero attached hydrogens (tertiary/aromatic N) is 2. The maximum atomic E-state index is 13.6. The molecule has 0 aliphatic heterocycles. The third kappa shape index (κ3) is 2.56. The molecule has 0 radical (unpaired) electrons. The Morgan fingerprint density at radius 1 is 1.25 bits per heavy atom. The highest BCUT2D eigenvalue weighted by Gasteiger charge is 2.06. The van der Waals surface area contributed by atoms with Crippen LogP contribution in [0.1, 0.15) is 5.56 Å². The smallest absolute Gasteiger partial charge is 0.192 e. The van der Waals surface area contributed by atoms with Crippen LogP contribution >= 0.6 is 11.8 Å². The second kappa shape index (κ2) is 5.05. The summed E-state index contributed by atoms with van der Waals surface area (Å²) in [4.78, 5) is 8.54. The Labute approximate surface area is 96.9 Å².